The maximum atomic E-state index is 11.8. The summed E-state index contributed by atoms with van der Waals surface area (Å²) in [7, 11) is -6.99. The molecule has 2 atom stereocenters. The number of rotatable bonds is 13. The molecule has 0 spiro atoms. The number of hydrogen-bond donors (Lipinski definition) is 2. The van der Waals surface area contributed by atoms with E-state index in [1.807, 2.05) is 0 Å². The predicted molar refractivity (Wildman–Crippen MR) is 119 cm³/mol. The van der Waals surface area contributed by atoms with E-state index in [1.54, 1.807) is 0 Å². The van der Waals surface area contributed by atoms with Crippen molar-refractivity contribution in [3.05, 3.63) is 0 Å². The standard InChI is InChI=1S/C16H20N2O14S4/c19-11-7-9(35(25,26)27)15(23)17(11)31-13(21)3-1-5-33-34-6-2-4-14(22)32-18-12(20)8-10(16(18)24)36(28,29)30/h9-10H,1-8H2,(H,25,26,27)(H,28,29,30). The third-order valence-corrected chi connectivity index (χ3v) is 9.28. The molecule has 2 saturated heterocycles. The summed E-state index contributed by atoms with van der Waals surface area (Å²) in [4.78, 5) is 79.5. The number of imide groups is 2. The maximum absolute atomic E-state index is 11.8. The molecule has 36 heavy (non-hydrogen) atoms. The van der Waals surface area contributed by atoms with Crippen molar-refractivity contribution < 1.29 is 64.4 Å². The summed E-state index contributed by atoms with van der Waals surface area (Å²) in [6.45, 7) is 0. The molecule has 2 rings (SSSR count). The van der Waals surface area contributed by atoms with Crippen LogP contribution in [0.25, 0.3) is 0 Å². The van der Waals surface area contributed by atoms with Gasteiger partial charge >= 0.3 is 11.9 Å². The zero-order chi connectivity index (χ0) is 27.3. The van der Waals surface area contributed by atoms with Gasteiger partial charge in [-0.3, -0.25) is 28.3 Å². The van der Waals surface area contributed by atoms with Gasteiger partial charge in [-0.25, -0.2) is 9.59 Å². The van der Waals surface area contributed by atoms with Gasteiger partial charge in [-0.1, -0.05) is 21.6 Å². The molecular formula is C16H20N2O14S4. The van der Waals surface area contributed by atoms with Crippen LogP contribution in [0.4, 0.5) is 0 Å². The second-order valence-electron chi connectivity index (χ2n) is 7.25. The Bertz CT molecular complexity index is 1060. The van der Waals surface area contributed by atoms with Gasteiger partial charge in [-0.15, -0.1) is 10.1 Å². The van der Waals surface area contributed by atoms with Gasteiger partial charge in [0.1, 0.15) is 0 Å². The zero-order valence-electron chi connectivity index (χ0n) is 18.1. The van der Waals surface area contributed by atoms with E-state index in [2.05, 4.69) is 9.68 Å². The molecular weight excluding hydrogens is 572 g/mol. The number of hydrogen-bond acceptors (Lipinski definition) is 14. The van der Waals surface area contributed by atoms with Gasteiger partial charge in [-0.05, 0) is 12.8 Å². The molecule has 20 heteroatoms. The predicted octanol–water partition coefficient (Wildman–Crippen LogP) is -1.12. The van der Waals surface area contributed by atoms with E-state index in [0.717, 1.165) is 0 Å². The summed E-state index contributed by atoms with van der Waals surface area (Å²) >= 11 is 0. The Morgan fingerprint density at radius 3 is 1.36 bits per heavy atom. The molecule has 2 N–H and O–H groups in total. The second-order valence-corrected chi connectivity index (χ2v) is 13.1. The highest BCUT2D eigenvalue weighted by Crippen LogP contribution is 2.25. The molecule has 0 saturated carbocycles. The van der Waals surface area contributed by atoms with Crippen molar-refractivity contribution in [1.29, 1.82) is 0 Å². The Hall–Kier alpha value is -2.26. The van der Waals surface area contributed by atoms with Crippen LogP contribution in [0.2, 0.25) is 0 Å². The molecule has 2 aliphatic heterocycles. The Balaban J connectivity index is 1.57. The molecule has 2 unspecified atom stereocenters. The van der Waals surface area contributed by atoms with Gasteiger partial charge in [0.15, 0.2) is 10.5 Å². The Labute approximate surface area is 212 Å². The fourth-order valence-corrected chi connectivity index (χ4v) is 6.37. The van der Waals surface area contributed by atoms with Crippen LogP contribution < -0.4 is 0 Å². The normalized spacial score (nSPS) is 20.8. The Morgan fingerprint density at radius 1 is 0.750 bits per heavy atom. The molecule has 202 valence electrons. The molecule has 0 bridgehead atoms. The molecule has 2 aliphatic rings. The van der Waals surface area contributed by atoms with Crippen LogP contribution in [0.5, 0.6) is 0 Å². The smallest absolute Gasteiger partial charge is 0.330 e. The van der Waals surface area contributed by atoms with E-state index in [9.17, 15) is 45.6 Å². The summed E-state index contributed by atoms with van der Waals surface area (Å²) in [5.74, 6) is -5.91. The van der Waals surface area contributed by atoms with E-state index in [1.165, 1.54) is 21.6 Å². The minimum atomic E-state index is -4.81. The van der Waals surface area contributed by atoms with Crippen molar-refractivity contribution in [2.45, 2.75) is 49.0 Å². The lowest BCUT2D eigenvalue weighted by molar-refractivity contribution is -0.197. The fraction of sp³-hybridized carbons (Fsp3) is 0.625. The summed E-state index contributed by atoms with van der Waals surface area (Å²) in [5.41, 5.74) is 0. The van der Waals surface area contributed by atoms with Crippen LogP contribution >= 0.6 is 21.6 Å². The van der Waals surface area contributed by atoms with Crippen LogP contribution in [0.3, 0.4) is 0 Å². The zero-order valence-corrected chi connectivity index (χ0v) is 21.4. The van der Waals surface area contributed by atoms with E-state index in [4.69, 9.17) is 9.11 Å². The van der Waals surface area contributed by atoms with Crippen LogP contribution in [-0.2, 0) is 58.7 Å². The van der Waals surface area contributed by atoms with Gasteiger partial charge in [-0.2, -0.15) is 16.8 Å². The topological polar surface area (TPSA) is 236 Å². The second kappa shape index (κ2) is 12.3. The van der Waals surface area contributed by atoms with Gasteiger partial charge in [0.25, 0.3) is 43.9 Å². The van der Waals surface area contributed by atoms with Crippen molar-refractivity contribution in [3.63, 3.8) is 0 Å². The summed E-state index contributed by atoms with van der Waals surface area (Å²) in [6, 6.07) is 0. The first-order chi connectivity index (χ1) is 16.6. The molecule has 0 aromatic rings. The van der Waals surface area contributed by atoms with Gasteiger partial charge in [0.2, 0.25) is 0 Å². The van der Waals surface area contributed by atoms with E-state index in [-0.39, 0.29) is 35.8 Å². The van der Waals surface area contributed by atoms with Crippen molar-refractivity contribution in [1.82, 2.24) is 10.1 Å². The molecule has 0 aromatic heterocycles. The lowest BCUT2D eigenvalue weighted by Gasteiger charge is -2.13. The molecule has 0 radical (unpaired) electrons. The Kier molecular flexibility index (Phi) is 10.3. The minimum absolute atomic E-state index is 0.0217. The van der Waals surface area contributed by atoms with Crippen LogP contribution in [0, 0.1) is 0 Å². The monoisotopic (exact) mass is 592 g/mol. The van der Waals surface area contributed by atoms with Gasteiger partial charge in [0.05, 0.1) is 12.8 Å². The summed E-state index contributed by atoms with van der Waals surface area (Å²) in [6.07, 6.45) is -1.53. The molecule has 2 fully saturated rings. The van der Waals surface area contributed by atoms with Crippen molar-refractivity contribution in [2.24, 2.45) is 0 Å². The van der Waals surface area contributed by atoms with Crippen LogP contribution in [0.1, 0.15) is 38.5 Å². The third-order valence-electron chi connectivity index (χ3n) is 4.53. The first-order valence-electron chi connectivity index (χ1n) is 9.95. The average Bonchev–Trinajstić information content (AvgIpc) is 3.20. The quantitative estimate of drug-likeness (QED) is 0.111. The van der Waals surface area contributed by atoms with Gasteiger partial charge in [0, 0.05) is 24.3 Å². The molecule has 2 heterocycles. The van der Waals surface area contributed by atoms with E-state index in [0.29, 0.717) is 11.5 Å². The lowest BCUT2D eigenvalue weighted by Crippen LogP contribution is -2.36. The Morgan fingerprint density at radius 2 is 1.08 bits per heavy atom. The number of hydroxylamine groups is 4. The highest BCUT2D eigenvalue weighted by Gasteiger charge is 2.49. The lowest BCUT2D eigenvalue weighted by atomic mass is 10.3. The first-order valence-corrected chi connectivity index (χ1v) is 15.4. The summed E-state index contributed by atoms with van der Waals surface area (Å²) in [5, 5.41) is -3.97. The molecule has 0 aromatic carbocycles. The van der Waals surface area contributed by atoms with E-state index < -0.39 is 79.1 Å². The SMILES string of the molecule is O=C(CCCSSCCCC(=O)ON1C(=O)CC(S(=O)(=O)O)C1=O)ON1C(=O)CC(S(=O)(=O)O)C1=O. The number of carbonyl (C=O) groups is 6. The van der Waals surface area contributed by atoms with Crippen molar-refractivity contribution in [2.75, 3.05) is 11.5 Å². The fourth-order valence-electron chi connectivity index (χ4n) is 2.79. The van der Waals surface area contributed by atoms with Crippen LogP contribution in [-0.4, -0.2) is 93.6 Å². The van der Waals surface area contributed by atoms with E-state index >= 15 is 0 Å². The highest BCUT2D eigenvalue weighted by atomic mass is 33.1. The third kappa shape index (κ3) is 8.13. The maximum Gasteiger partial charge on any atom is 0.333 e. The molecule has 0 aliphatic carbocycles. The van der Waals surface area contributed by atoms with Gasteiger partial charge < -0.3 is 9.68 Å². The molecule has 4 amide bonds. The summed E-state index contributed by atoms with van der Waals surface area (Å²) < 4.78 is 62.0. The largest absolute Gasteiger partial charge is 0.333 e. The highest BCUT2D eigenvalue weighted by molar-refractivity contribution is 8.76. The number of carbonyl (C=O) groups excluding carboxylic acids is 6. The number of nitrogens with zero attached hydrogens (tertiary/aromatic N) is 2. The average molecular weight is 593 g/mol. The minimum Gasteiger partial charge on any atom is -0.330 e. The first kappa shape index (κ1) is 30.0. The van der Waals surface area contributed by atoms with Crippen LogP contribution in [0.15, 0.2) is 0 Å². The molecule has 16 nitrogen and oxygen atoms in total. The van der Waals surface area contributed by atoms with Crippen molar-refractivity contribution in [3.8, 4) is 0 Å². The number of amides is 4. The van der Waals surface area contributed by atoms with Crippen molar-refractivity contribution >= 4 is 77.4 Å².